The Bertz CT molecular complexity index is 1310. The molecular weight excluding hydrogens is 506 g/mol. The van der Waals surface area contributed by atoms with Gasteiger partial charge >= 0.3 is 0 Å². The van der Waals surface area contributed by atoms with Gasteiger partial charge < -0.3 is 28.5 Å². The lowest BCUT2D eigenvalue weighted by molar-refractivity contribution is 0.0629. The van der Waals surface area contributed by atoms with Crippen molar-refractivity contribution < 1.29 is 28.5 Å². The van der Waals surface area contributed by atoms with Crippen molar-refractivity contribution in [3.05, 3.63) is 113 Å². The van der Waals surface area contributed by atoms with Crippen LogP contribution < -0.4 is 14.2 Å². The summed E-state index contributed by atoms with van der Waals surface area (Å²) in [5, 5.41) is 12.3. The molecule has 7 heteroatoms. The van der Waals surface area contributed by atoms with E-state index in [9.17, 15) is 5.11 Å². The van der Waals surface area contributed by atoms with Gasteiger partial charge in [-0.1, -0.05) is 36.4 Å². The Hall–Kier alpha value is -3.78. The molecule has 40 heavy (non-hydrogen) atoms. The van der Waals surface area contributed by atoms with Crippen molar-refractivity contribution in [2.24, 2.45) is 0 Å². The fourth-order valence-electron chi connectivity index (χ4n) is 5.28. The molecule has 0 saturated carbocycles. The summed E-state index contributed by atoms with van der Waals surface area (Å²) in [4.78, 5) is 2.33. The van der Waals surface area contributed by atoms with Crippen molar-refractivity contribution in [3.63, 3.8) is 0 Å². The lowest BCUT2D eigenvalue weighted by Crippen LogP contribution is -2.31. The van der Waals surface area contributed by atoms with Crippen LogP contribution >= 0.6 is 0 Å². The van der Waals surface area contributed by atoms with Crippen molar-refractivity contribution in [2.45, 2.75) is 37.6 Å². The van der Waals surface area contributed by atoms with Crippen molar-refractivity contribution in [1.29, 1.82) is 0 Å². The third kappa shape index (κ3) is 6.17. The average Bonchev–Trinajstić information content (AvgIpc) is 3.70. The number of hydrogen-bond donors (Lipinski definition) is 1. The van der Waals surface area contributed by atoms with Crippen LogP contribution in [0.15, 0.2) is 89.3 Å². The number of nitrogens with zero attached hydrogens (tertiary/aromatic N) is 1. The Morgan fingerprint density at radius 1 is 0.800 bits per heavy atom. The van der Waals surface area contributed by atoms with Gasteiger partial charge in [0.25, 0.3) is 0 Å². The quantitative estimate of drug-likeness (QED) is 0.243. The molecule has 0 aliphatic carbocycles. The molecule has 1 atom stereocenters. The first-order valence-corrected chi connectivity index (χ1v) is 13.6. The fourth-order valence-corrected chi connectivity index (χ4v) is 5.28. The number of furan rings is 1. The standard InChI is InChI=1S/C33H37NO6/c1-36-27-13-9-25(10-14-27)33(35,26-11-15-28(37-2)16-12-26)32-18-17-31(40-32)23-34(22-30-8-5-19-39-30)21-24-6-4-7-29(20-24)38-3/h4,6-7,9-18,20,30,35H,5,8,19,21-23H2,1-3H3/t30-/m1/s1. The SMILES string of the molecule is COc1ccc(C(O)(c2ccc(OC)cc2)c2ccc(CN(Cc3cccc(OC)c3)C[C@H]3CCCO3)o2)cc1. The summed E-state index contributed by atoms with van der Waals surface area (Å²) >= 11 is 0. The first-order chi connectivity index (χ1) is 19.5. The Morgan fingerprint density at radius 2 is 1.45 bits per heavy atom. The summed E-state index contributed by atoms with van der Waals surface area (Å²) in [5.41, 5.74) is 0.985. The summed E-state index contributed by atoms with van der Waals surface area (Å²) < 4.78 is 28.5. The van der Waals surface area contributed by atoms with E-state index < -0.39 is 5.60 Å². The molecule has 2 heterocycles. The van der Waals surface area contributed by atoms with Gasteiger partial charge in [0.1, 0.15) is 28.8 Å². The topological polar surface area (TPSA) is 73.5 Å². The van der Waals surface area contributed by atoms with Gasteiger partial charge in [-0.05, 0) is 78.1 Å². The van der Waals surface area contributed by atoms with Crippen LogP contribution in [0.1, 0.15) is 41.1 Å². The second-order valence-corrected chi connectivity index (χ2v) is 10.1. The smallest absolute Gasteiger partial charge is 0.173 e. The molecule has 5 rings (SSSR count). The van der Waals surface area contributed by atoms with Crippen molar-refractivity contribution in [1.82, 2.24) is 4.90 Å². The molecular formula is C33H37NO6. The number of benzene rings is 3. The maximum absolute atomic E-state index is 12.3. The number of aliphatic hydroxyl groups is 1. The molecule has 1 aromatic heterocycles. The summed E-state index contributed by atoms with van der Waals surface area (Å²) in [5.74, 6) is 3.46. The van der Waals surface area contributed by atoms with Crippen LogP contribution in [0.2, 0.25) is 0 Å². The van der Waals surface area contributed by atoms with Crippen LogP contribution in [0.25, 0.3) is 0 Å². The van der Waals surface area contributed by atoms with E-state index in [0.717, 1.165) is 43.1 Å². The van der Waals surface area contributed by atoms with Gasteiger partial charge in [0.05, 0.1) is 34.0 Å². The van der Waals surface area contributed by atoms with Gasteiger partial charge in [-0.3, -0.25) is 4.90 Å². The monoisotopic (exact) mass is 543 g/mol. The fraction of sp³-hybridized carbons (Fsp3) is 0.333. The summed E-state index contributed by atoms with van der Waals surface area (Å²) in [6.45, 7) is 2.88. The summed E-state index contributed by atoms with van der Waals surface area (Å²) in [6, 6.07) is 26.7. The lowest BCUT2D eigenvalue weighted by atomic mass is 9.84. The largest absolute Gasteiger partial charge is 0.497 e. The van der Waals surface area contributed by atoms with Gasteiger partial charge in [-0.15, -0.1) is 0 Å². The first-order valence-electron chi connectivity index (χ1n) is 13.6. The zero-order chi connectivity index (χ0) is 28.0. The third-order valence-electron chi connectivity index (χ3n) is 7.44. The predicted octanol–water partition coefficient (Wildman–Crippen LogP) is 5.77. The number of hydrogen-bond acceptors (Lipinski definition) is 7. The Morgan fingerprint density at radius 3 is 2.02 bits per heavy atom. The molecule has 1 fully saturated rings. The Kier molecular flexibility index (Phi) is 8.75. The van der Waals surface area contributed by atoms with Crippen LogP contribution in [-0.4, -0.2) is 50.6 Å². The zero-order valence-corrected chi connectivity index (χ0v) is 23.3. The molecule has 4 aromatic rings. The molecule has 1 saturated heterocycles. The van der Waals surface area contributed by atoms with Gasteiger partial charge in [0.15, 0.2) is 5.60 Å². The molecule has 0 spiro atoms. The van der Waals surface area contributed by atoms with Crippen molar-refractivity contribution >= 4 is 0 Å². The molecule has 1 aliphatic heterocycles. The molecule has 0 radical (unpaired) electrons. The predicted molar refractivity (Wildman–Crippen MR) is 153 cm³/mol. The first kappa shape index (κ1) is 27.8. The molecule has 0 bridgehead atoms. The molecule has 210 valence electrons. The van der Waals surface area contributed by atoms with Gasteiger partial charge in [-0.25, -0.2) is 0 Å². The van der Waals surface area contributed by atoms with Crippen LogP contribution in [0.5, 0.6) is 17.2 Å². The molecule has 3 aromatic carbocycles. The number of rotatable bonds is 12. The van der Waals surface area contributed by atoms with Gasteiger partial charge in [0, 0.05) is 19.7 Å². The maximum atomic E-state index is 12.3. The summed E-state index contributed by atoms with van der Waals surface area (Å²) in [7, 11) is 4.93. The lowest BCUT2D eigenvalue weighted by Gasteiger charge is -2.28. The van der Waals surface area contributed by atoms with E-state index in [1.807, 2.05) is 72.8 Å². The van der Waals surface area contributed by atoms with Crippen molar-refractivity contribution in [2.75, 3.05) is 34.5 Å². The van der Waals surface area contributed by atoms with E-state index in [1.165, 1.54) is 0 Å². The van der Waals surface area contributed by atoms with E-state index in [4.69, 9.17) is 23.4 Å². The minimum Gasteiger partial charge on any atom is -0.497 e. The molecule has 1 N–H and O–H groups in total. The van der Waals surface area contributed by atoms with E-state index >= 15 is 0 Å². The maximum Gasteiger partial charge on any atom is 0.173 e. The molecule has 0 amide bonds. The normalized spacial score (nSPS) is 15.4. The van der Waals surface area contributed by atoms with Crippen LogP contribution in [-0.2, 0) is 23.4 Å². The molecule has 7 nitrogen and oxygen atoms in total. The number of ether oxygens (including phenoxy) is 4. The average molecular weight is 544 g/mol. The summed E-state index contributed by atoms with van der Waals surface area (Å²) in [6.07, 6.45) is 2.32. The highest BCUT2D eigenvalue weighted by Crippen LogP contribution is 2.39. The highest BCUT2D eigenvalue weighted by Gasteiger charge is 2.37. The van der Waals surface area contributed by atoms with Gasteiger partial charge in [0.2, 0.25) is 0 Å². The van der Waals surface area contributed by atoms with Gasteiger partial charge in [-0.2, -0.15) is 0 Å². The minimum atomic E-state index is -1.51. The van der Waals surface area contributed by atoms with E-state index in [-0.39, 0.29) is 6.10 Å². The van der Waals surface area contributed by atoms with Crippen LogP contribution in [0.3, 0.4) is 0 Å². The minimum absolute atomic E-state index is 0.190. The highest BCUT2D eigenvalue weighted by molar-refractivity contribution is 5.46. The third-order valence-corrected chi connectivity index (χ3v) is 7.44. The zero-order valence-electron chi connectivity index (χ0n) is 23.3. The van der Waals surface area contributed by atoms with Crippen LogP contribution in [0, 0.1) is 0 Å². The highest BCUT2D eigenvalue weighted by atomic mass is 16.5. The van der Waals surface area contributed by atoms with E-state index in [0.29, 0.717) is 41.5 Å². The van der Waals surface area contributed by atoms with Crippen LogP contribution in [0.4, 0.5) is 0 Å². The Labute approximate surface area is 235 Å². The second-order valence-electron chi connectivity index (χ2n) is 10.1. The van der Waals surface area contributed by atoms with E-state index in [1.54, 1.807) is 21.3 Å². The van der Waals surface area contributed by atoms with Crippen molar-refractivity contribution in [3.8, 4) is 17.2 Å². The Balaban J connectivity index is 1.45. The van der Waals surface area contributed by atoms with E-state index in [2.05, 4.69) is 17.0 Å². The second kappa shape index (κ2) is 12.6. The number of methoxy groups -OCH3 is 3. The molecule has 1 aliphatic rings. The molecule has 0 unspecified atom stereocenters.